The molecule has 39 heavy (non-hydrogen) atoms. The Bertz CT molecular complexity index is 1610. The maximum Gasteiger partial charge on any atom is 0.416 e. The maximum absolute atomic E-state index is 13.6. The number of rotatable bonds is 6. The summed E-state index contributed by atoms with van der Waals surface area (Å²) in [6, 6.07) is 9.59. The SMILES string of the molecule is CC1(C)CCc2cc(C(c3c[nH]c4c(C(=O)O)cc(Cl)cc34)C(C(N)=O)c3cccc(C(F)(F)F)c3)sc2C1. The number of fused-ring (bicyclic) bond motifs is 2. The Labute approximate surface area is 231 Å². The summed E-state index contributed by atoms with van der Waals surface area (Å²) in [7, 11) is 0. The van der Waals surface area contributed by atoms with E-state index >= 15 is 0 Å². The van der Waals surface area contributed by atoms with Crippen LogP contribution >= 0.6 is 22.9 Å². The van der Waals surface area contributed by atoms with Crippen LogP contribution in [0, 0.1) is 5.41 Å². The summed E-state index contributed by atoms with van der Waals surface area (Å²) in [5.41, 5.74) is 7.23. The number of aromatic carboxylic acids is 1. The van der Waals surface area contributed by atoms with Gasteiger partial charge in [-0.1, -0.05) is 43.6 Å². The Balaban J connectivity index is 1.77. The molecule has 4 aromatic rings. The summed E-state index contributed by atoms with van der Waals surface area (Å²) in [6.45, 7) is 4.38. The Kier molecular flexibility index (Phi) is 6.79. The van der Waals surface area contributed by atoms with Crippen LogP contribution in [-0.4, -0.2) is 22.0 Å². The molecule has 0 spiro atoms. The van der Waals surface area contributed by atoms with E-state index in [0.717, 1.165) is 41.8 Å². The van der Waals surface area contributed by atoms with Gasteiger partial charge in [0, 0.05) is 32.3 Å². The number of hydrogen-bond donors (Lipinski definition) is 3. The fourth-order valence-corrected chi connectivity index (χ4v) is 7.42. The number of H-pyrrole nitrogens is 1. The van der Waals surface area contributed by atoms with Gasteiger partial charge in [0.2, 0.25) is 5.91 Å². The number of halogens is 4. The van der Waals surface area contributed by atoms with Crippen molar-refractivity contribution in [1.29, 1.82) is 0 Å². The van der Waals surface area contributed by atoms with Gasteiger partial charge in [0.1, 0.15) is 0 Å². The number of nitrogens with one attached hydrogen (secondary N) is 1. The number of amides is 1. The zero-order chi connectivity index (χ0) is 28.3. The molecule has 2 heterocycles. The van der Waals surface area contributed by atoms with Crippen molar-refractivity contribution < 1.29 is 27.9 Å². The van der Waals surface area contributed by atoms with Gasteiger partial charge >= 0.3 is 12.1 Å². The Hall–Kier alpha value is -3.30. The van der Waals surface area contributed by atoms with E-state index in [1.165, 1.54) is 34.4 Å². The van der Waals surface area contributed by atoms with E-state index in [-0.39, 0.29) is 21.6 Å². The van der Waals surface area contributed by atoms with Crippen molar-refractivity contribution in [3.8, 4) is 0 Å². The lowest BCUT2D eigenvalue weighted by atomic mass is 9.76. The molecule has 2 aromatic carbocycles. The lowest BCUT2D eigenvalue weighted by molar-refractivity contribution is -0.137. The Morgan fingerprint density at radius 2 is 1.92 bits per heavy atom. The highest BCUT2D eigenvalue weighted by atomic mass is 35.5. The van der Waals surface area contributed by atoms with E-state index in [4.69, 9.17) is 17.3 Å². The van der Waals surface area contributed by atoms with Crippen LogP contribution in [-0.2, 0) is 23.8 Å². The second-order valence-corrected chi connectivity index (χ2v) is 12.4. The number of aryl methyl sites for hydroxylation is 1. The topological polar surface area (TPSA) is 96.2 Å². The number of thiophene rings is 1. The van der Waals surface area contributed by atoms with Gasteiger partial charge in [0.25, 0.3) is 0 Å². The molecule has 2 unspecified atom stereocenters. The molecule has 5 rings (SSSR count). The number of benzene rings is 2. The molecule has 1 aliphatic carbocycles. The minimum absolute atomic E-state index is 0.0515. The molecule has 1 aliphatic rings. The van der Waals surface area contributed by atoms with Crippen molar-refractivity contribution in [3.05, 3.63) is 91.3 Å². The van der Waals surface area contributed by atoms with Gasteiger partial charge in [-0.25, -0.2) is 4.79 Å². The molecule has 2 atom stereocenters. The number of nitrogens with two attached hydrogens (primary N) is 1. The predicted molar refractivity (Wildman–Crippen MR) is 146 cm³/mol. The van der Waals surface area contributed by atoms with Gasteiger partial charge in [0.05, 0.1) is 22.6 Å². The molecule has 0 fully saturated rings. The van der Waals surface area contributed by atoms with Crippen molar-refractivity contribution in [3.63, 3.8) is 0 Å². The largest absolute Gasteiger partial charge is 0.478 e. The average Bonchev–Trinajstić information content (AvgIpc) is 3.44. The quantitative estimate of drug-likeness (QED) is 0.222. The highest BCUT2D eigenvalue weighted by molar-refractivity contribution is 7.12. The van der Waals surface area contributed by atoms with Gasteiger partial charge in [-0.2, -0.15) is 13.2 Å². The first-order chi connectivity index (χ1) is 18.2. The molecule has 0 saturated carbocycles. The van der Waals surface area contributed by atoms with Gasteiger partial charge < -0.3 is 15.8 Å². The molecule has 204 valence electrons. The smallest absolute Gasteiger partial charge is 0.416 e. The van der Waals surface area contributed by atoms with Crippen LogP contribution in [0.3, 0.4) is 0 Å². The summed E-state index contributed by atoms with van der Waals surface area (Å²) < 4.78 is 40.9. The second-order valence-electron chi connectivity index (χ2n) is 10.8. The predicted octanol–water partition coefficient (Wildman–Crippen LogP) is 7.52. The van der Waals surface area contributed by atoms with E-state index in [0.29, 0.717) is 16.5 Å². The molecule has 4 N–H and O–H groups in total. The van der Waals surface area contributed by atoms with Crippen molar-refractivity contribution in [2.45, 2.75) is 51.1 Å². The molecule has 0 saturated heterocycles. The molecule has 5 nitrogen and oxygen atoms in total. The number of aromatic nitrogens is 1. The first-order valence-electron chi connectivity index (χ1n) is 12.4. The third-order valence-electron chi connectivity index (χ3n) is 7.50. The first kappa shape index (κ1) is 27.3. The lowest BCUT2D eigenvalue weighted by Crippen LogP contribution is -2.27. The molecule has 0 radical (unpaired) electrons. The monoisotopic (exact) mass is 574 g/mol. The third-order valence-corrected chi connectivity index (χ3v) is 8.98. The van der Waals surface area contributed by atoms with Gasteiger partial charge in [-0.05, 0) is 65.6 Å². The zero-order valence-electron chi connectivity index (χ0n) is 21.2. The number of alkyl halides is 3. The molecule has 2 aromatic heterocycles. The third kappa shape index (κ3) is 5.17. The fourth-order valence-electron chi connectivity index (χ4n) is 5.57. The van der Waals surface area contributed by atoms with E-state index in [1.54, 1.807) is 12.3 Å². The minimum Gasteiger partial charge on any atom is -0.478 e. The van der Waals surface area contributed by atoms with Gasteiger partial charge in [0.15, 0.2) is 0 Å². The van der Waals surface area contributed by atoms with Crippen LogP contribution in [0.1, 0.15) is 74.5 Å². The second kappa shape index (κ2) is 9.71. The highest BCUT2D eigenvalue weighted by Gasteiger charge is 2.38. The summed E-state index contributed by atoms with van der Waals surface area (Å²) in [5, 5.41) is 10.4. The molecular weight excluding hydrogens is 549 g/mol. The number of carboxylic acid groups (broad SMARTS) is 1. The van der Waals surface area contributed by atoms with Crippen molar-refractivity contribution in [1.82, 2.24) is 4.98 Å². The Morgan fingerprint density at radius 3 is 2.59 bits per heavy atom. The van der Waals surface area contributed by atoms with Crippen molar-refractivity contribution in [2.24, 2.45) is 11.1 Å². The van der Waals surface area contributed by atoms with Crippen LogP contribution in [0.4, 0.5) is 13.2 Å². The van der Waals surface area contributed by atoms with Crippen LogP contribution in [0.25, 0.3) is 10.9 Å². The summed E-state index contributed by atoms with van der Waals surface area (Å²) >= 11 is 7.82. The Morgan fingerprint density at radius 1 is 1.18 bits per heavy atom. The van der Waals surface area contributed by atoms with Crippen LogP contribution in [0.5, 0.6) is 0 Å². The minimum atomic E-state index is -4.61. The number of primary amides is 1. The summed E-state index contributed by atoms with van der Waals surface area (Å²) in [5.74, 6) is -3.92. The van der Waals surface area contributed by atoms with E-state index in [1.807, 2.05) is 6.07 Å². The summed E-state index contributed by atoms with van der Waals surface area (Å²) in [6.07, 6.45) is -0.332. The number of aromatic amines is 1. The number of carboxylic acids is 1. The maximum atomic E-state index is 13.6. The van der Waals surface area contributed by atoms with Crippen LogP contribution in [0.15, 0.2) is 48.7 Å². The van der Waals surface area contributed by atoms with Crippen molar-refractivity contribution in [2.75, 3.05) is 0 Å². The number of carbonyl (C=O) groups is 2. The number of hydrogen-bond acceptors (Lipinski definition) is 3. The summed E-state index contributed by atoms with van der Waals surface area (Å²) in [4.78, 5) is 30.0. The average molecular weight is 575 g/mol. The van der Waals surface area contributed by atoms with Crippen LogP contribution in [0.2, 0.25) is 5.02 Å². The van der Waals surface area contributed by atoms with E-state index < -0.39 is 35.5 Å². The van der Waals surface area contributed by atoms with Gasteiger partial charge in [-0.15, -0.1) is 11.3 Å². The van der Waals surface area contributed by atoms with Gasteiger partial charge in [-0.3, -0.25) is 4.79 Å². The molecule has 1 amide bonds. The molecule has 0 bridgehead atoms. The van der Waals surface area contributed by atoms with E-state index in [2.05, 4.69) is 18.8 Å². The number of carbonyl (C=O) groups excluding carboxylic acids is 1. The highest BCUT2D eigenvalue weighted by Crippen LogP contribution is 2.48. The first-order valence-corrected chi connectivity index (χ1v) is 13.6. The fraction of sp³-hybridized carbons (Fsp3) is 0.310. The molecule has 0 aliphatic heterocycles. The normalized spacial score (nSPS) is 16.6. The zero-order valence-corrected chi connectivity index (χ0v) is 22.7. The molecule has 10 heteroatoms. The van der Waals surface area contributed by atoms with Crippen molar-refractivity contribution >= 4 is 45.7 Å². The van der Waals surface area contributed by atoms with E-state index in [9.17, 15) is 27.9 Å². The molecular formula is C29H26ClF3N2O3S. The standard InChI is InChI=1S/C29H26ClF3N2O3S/c1-28(2)7-6-14-9-21(39-22(14)12-28)24(20-13-35-25-18(20)10-17(30)11-19(25)27(37)38)23(26(34)36)15-4-3-5-16(8-15)29(31,32)33/h3-5,8-11,13,23-24,35H,6-7,12H2,1-2H3,(H2,34,36)(H,37,38). The van der Waals surface area contributed by atoms with Crippen LogP contribution < -0.4 is 5.73 Å². The lowest BCUT2D eigenvalue weighted by Gasteiger charge is -2.28.